The Morgan fingerprint density at radius 1 is 1.22 bits per heavy atom. The fraction of sp³-hybridized carbons (Fsp3) is 0.421. The normalized spacial score (nSPS) is 17.4. The number of benzene rings is 1. The lowest BCUT2D eigenvalue weighted by atomic mass is 9.99. The number of rotatable bonds is 5. The predicted octanol–water partition coefficient (Wildman–Crippen LogP) is 2.23. The molecule has 1 amide bonds. The molecule has 3 rings (SSSR count). The van der Waals surface area contributed by atoms with Crippen LogP contribution in [0.5, 0.6) is 0 Å². The van der Waals surface area contributed by atoms with Crippen molar-refractivity contribution in [2.24, 2.45) is 0 Å². The number of carbonyl (C=O) groups is 1. The standard InChI is InChI=1S/C19H24FN3O3S/c1-14(2)23(27(3,25)26)13-18(24)22-12-11-21-10-6-9-17(21)19(22)15-7-4-5-8-16(15)20/h4-10,14,19H,11-13H2,1-3H3. The molecule has 1 aliphatic heterocycles. The van der Waals surface area contributed by atoms with Crippen LogP contribution in [0.2, 0.25) is 0 Å². The third kappa shape index (κ3) is 3.91. The number of aromatic nitrogens is 1. The molecule has 27 heavy (non-hydrogen) atoms. The number of nitrogens with zero attached hydrogens (tertiary/aromatic N) is 3. The lowest BCUT2D eigenvalue weighted by molar-refractivity contribution is -0.134. The Hall–Kier alpha value is -2.19. The summed E-state index contributed by atoms with van der Waals surface area (Å²) < 4.78 is 41.8. The van der Waals surface area contributed by atoms with E-state index in [1.807, 2.05) is 22.9 Å². The number of sulfonamides is 1. The van der Waals surface area contributed by atoms with Gasteiger partial charge >= 0.3 is 0 Å². The average molecular weight is 393 g/mol. The molecule has 0 spiro atoms. The lowest BCUT2D eigenvalue weighted by Gasteiger charge is -2.38. The number of fused-ring (bicyclic) bond motifs is 1. The number of carbonyl (C=O) groups excluding carboxylic acids is 1. The Kier molecular flexibility index (Phi) is 5.39. The second-order valence-corrected chi connectivity index (χ2v) is 8.97. The summed E-state index contributed by atoms with van der Waals surface area (Å²) in [6, 6.07) is 9.19. The van der Waals surface area contributed by atoms with Crippen molar-refractivity contribution in [3.05, 3.63) is 59.7 Å². The average Bonchev–Trinajstić information content (AvgIpc) is 3.06. The van der Waals surface area contributed by atoms with Crippen LogP contribution in [0.15, 0.2) is 42.6 Å². The number of hydrogen-bond donors (Lipinski definition) is 0. The third-order valence-electron chi connectivity index (χ3n) is 4.85. The highest BCUT2D eigenvalue weighted by atomic mass is 32.2. The lowest BCUT2D eigenvalue weighted by Crippen LogP contribution is -2.49. The van der Waals surface area contributed by atoms with E-state index in [0.717, 1.165) is 11.9 Å². The van der Waals surface area contributed by atoms with Gasteiger partial charge in [-0.3, -0.25) is 4.79 Å². The summed E-state index contributed by atoms with van der Waals surface area (Å²) in [5.41, 5.74) is 1.22. The molecule has 0 bridgehead atoms. The van der Waals surface area contributed by atoms with Gasteiger partial charge in [0, 0.05) is 36.6 Å². The van der Waals surface area contributed by atoms with E-state index in [9.17, 15) is 17.6 Å². The highest BCUT2D eigenvalue weighted by Gasteiger charge is 2.35. The van der Waals surface area contributed by atoms with Gasteiger partial charge in [-0.25, -0.2) is 12.8 Å². The molecule has 2 aromatic rings. The van der Waals surface area contributed by atoms with Crippen LogP contribution < -0.4 is 0 Å². The van der Waals surface area contributed by atoms with Crippen molar-refractivity contribution in [2.75, 3.05) is 19.3 Å². The first-order valence-electron chi connectivity index (χ1n) is 8.86. The Morgan fingerprint density at radius 3 is 2.56 bits per heavy atom. The minimum atomic E-state index is -3.53. The van der Waals surface area contributed by atoms with Gasteiger partial charge in [-0.2, -0.15) is 4.31 Å². The van der Waals surface area contributed by atoms with Crippen molar-refractivity contribution in [3.63, 3.8) is 0 Å². The molecule has 0 radical (unpaired) electrons. The molecule has 146 valence electrons. The van der Waals surface area contributed by atoms with Gasteiger partial charge in [0.1, 0.15) is 11.9 Å². The molecule has 0 N–H and O–H groups in total. The molecule has 1 atom stereocenters. The summed E-state index contributed by atoms with van der Waals surface area (Å²) >= 11 is 0. The number of amides is 1. The Balaban J connectivity index is 1.98. The van der Waals surface area contributed by atoms with Gasteiger partial charge in [0.15, 0.2) is 0 Å². The summed E-state index contributed by atoms with van der Waals surface area (Å²) in [6.07, 6.45) is 3.00. The van der Waals surface area contributed by atoms with E-state index in [0.29, 0.717) is 18.7 Å². The van der Waals surface area contributed by atoms with Crippen LogP contribution in [0, 0.1) is 5.82 Å². The number of halogens is 1. The first-order valence-corrected chi connectivity index (χ1v) is 10.7. The van der Waals surface area contributed by atoms with E-state index >= 15 is 0 Å². The minimum absolute atomic E-state index is 0.262. The van der Waals surface area contributed by atoms with E-state index in [1.54, 1.807) is 36.9 Å². The molecule has 1 aromatic heterocycles. The minimum Gasteiger partial charge on any atom is -0.348 e. The fourth-order valence-electron chi connectivity index (χ4n) is 3.58. The second kappa shape index (κ2) is 7.44. The largest absolute Gasteiger partial charge is 0.348 e. The third-order valence-corrected chi connectivity index (χ3v) is 6.25. The summed E-state index contributed by atoms with van der Waals surface area (Å²) in [7, 11) is -3.53. The van der Waals surface area contributed by atoms with Crippen molar-refractivity contribution in [3.8, 4) is 0 Å². The highest BCUT2D eigenvalue weighted by Crippen LogP contribution is 2.34. The highest BCUT2D eigenvalue weighted by molar-refractivity contribution is 7.88. The van der Waals surface area contributed by atoms with Crippen LogP contribution >= 0.6 is 0 Å². The summed E-state index contributed by atoms with van der Waals surface area (Å²) in [5, 5.41) is 0. The van der Waals surface area contributed by atoms with Crippen molar-refractivity contribution < 1.29 is 17.6 Å². The van der Waals surface area contributed by atoms with Gasteiger partial charge < -0.3 is 9.47 Å². The number of hydrogen-bond acceptors (Lipinski definition) is 3. The van der Waals surface area contributed by atoms with Gasteiger partial charge in [-0.1, -0.05) is 18.2 Å². The topological polar surface area (TPSA) is 62.6 Å². The van der Waals surface area contributed by atoms with Crippen molar-refractivity contribution in [2.45, 2.75) is 32.5 Å². The predicted molar refractivity (Wildman–Crippen MR) is 101 cm³/mol. The van der Waals surface area contributed by atoms with Gasteiger partial charge in [0.05, 0.1) is 12.8 Å². The molecule has 0 saturated carbocycles. The van der Waals surface area contributed by atoms with E-state index in [4.69, 9.17) is 0 Å². The molecule has 0 aliphatic carbocycles. The monoisotopic (exact) mass is 393 g/mol. The van der Waals surface area contributed by atoms with E-state index < -0.39 is 21.9 Å². The van der Waals surface area contributed by atoms with Crippen LogP contribution in [0.4, 0.5) is 4.39 Å². The van der Waals surface area contributed by atoms with Gasteiger partial charge in [0.2, 0.25) is 15.9 Å². The molecule has 1 aliphatic rings. The molecule has 0 saturated heterocycles. The second-order valence-electron chi connectivity index (χ2n) is 7.04. The van der Waals surface area contributed by atoms with Crippen LogP contribution in [0.25, 0.3) is 0 Å². The maximum Gasteiger partial charge on any atom is 0.238 e. The quantitative estimate of drug-likeness (QED) is 0.783. The Morgan fingerprint density at radius 2 is 1.93 bits per heavy atom. The van der Waals surface area contributed by atoms with Gasteiger partial charge in [-0.05, 0) is 32.0 Å². The van der Waals surface area contributed by atoms with E-state index in [-0.39, 0.29) is 18.5 Å². The Bertz CT molecular complexity index is 939. The van der Waals surface area contributed by atoms with Gasteiger partial charge in [-0.15, -0.1) is 0 Å². The molecule has 6 nitrogen and oxygen atoms in total. The molecule has 1 aromatic carbocycles. The summed E-state index contributed by atoms with van der Waals surface area (Å²) in [4.78, 5) is 14.7. The zero-order valence-corrected chi connectivity index (χ0v) is 16.5. The molecule has 2 heterocycles. The smallest absolute Gasteiger partial charge is 0.238 e. The van der Waals surface area contributed by atoms with Crippen LogP contribution in [0.1, 0.15) is 31.1 Å². The van der Waals surface area contributed by atoms with E-state index in [2.05, 4.69) is 0 Å². The van der Waals surface area contributed by atoms with Gasteiger partial charge in [0.25, 0.3) is 0 Å². The van der Waals surface area contributed by atoms with Crippen molar-refractivity contribution >= 4 is 15.9 Å². The molecular formula is C19H24FN3O3S. The Labute approximate surface area is 159 Å². The van der Waals surface area contributed by atoms with Crippen molar-refractivity contribution in [1.29, 1.82) is 0 Å². The van der Waals surface area contributed by atoms with Crippen molar-refractivity contribution in [1.82, 2.24) is 13.8 Å². The zero-order valence-electron chi connectivity index (χ0n) is 15.7. The first kappa shape index (κ1) is 19.6. The SMILES string of the molecule is CC(C)N(CC(=O)N1CCn2cccc2C1c1ccccc1F)S(C)(=O)=O. The first-order chi connectivity index (χ1) is 12.7. The molecular weight excluding hydrogens is 369 g/mol. The fourth-order valence-corrected chi connectivity index (χ4v) is 4.69. The molecule has 1 unspecified atom stereocenters. The summed E-state index contributed by atoms with van der Waals surface area (Å²) in [5.74, 6) is -0.728. The van der Waals surface area contributed by atoms with Crippen LogP contribution in [-0.4, -0.2) is 53.5 Å². The van der Waals surface area contributed by atoms with Crippen LogP contribution in [0.3, 0.4) is 0 Å². The molecule has 0 fully saturated rings. The van der Waals surface area contributed by atoms with E-state index in [1.165, 1.54) is 10.4 Å². The molecule has 8 heteroatoms. The zero-order chi connectivity index (χ0) is 19.8. The summed E-state index contributed by atoms with van der Waals surface area (Å²) in [6.45, 7) is 4.16. The maximum atomic E-state index is 14.5. The maximum absolute atomic E-state index is 14.5. The van der Waals surface area contributed by atoms with Crippen LogP contribution in [-0.2, 0) is 21.4 Å².